The molecule has 2 nitrogen and oxygen atoms in total. The Hall–Kier alpha value is -4.04. The lowest BCUT2D eigenvalue weighted by atomic mass is 9.80. The summed E-state index contributed by atoms with van der Waals surface area (Å²) in [4.78, 5) is 4.25. The molecule has 2 atom stereocenters. The fraction of sp³-hybridized carbons (Fsp3) is 0.243. The Morgan fingerprint density at radius 1 is 0.692 bits per heavy atom. The minimum absolute atomic E-state index is 0.598. The first kappa shape index (κ1) is 28.0. The average Bonchev–Trinajstić information content (AvgIpc) is 3.00. The van der Waals surface area contributed by atoms with E-state index in [4.69, 9.17) is 0 Å². The SMILES string of the molecule is CCC(C)C(CC)c1ccccc1-c1cc(C)c(-c2ccccc2)c[n+]1C.c1ccc(-c2ccccn2)cc1. The first-order chi connectivity index (χ1) is 19.0. The normalized spacial score (nSPS) is 12.2. The zero-order valence-electron chi connectivity index (χ0n) is 24.0. The molecule has 0 aliphatic rings. The van der Waals surface area contributed by atoms with E-state index in [0.717, 1.165) is 11.3 Å². The maximum absolute atomic E-state index is 4.25. The molecule has 39 heavy (non-hydrogen) atoms. The number of aryl methyl sites for hydroxylation is 2. The Labute approximate surface area is 235 Å². The van der Waals surface area contributed by atoms with Gasteiger partial charge in [-0.15, -0.1) is 0 Å². The molecule has 5 aromatic rings. The van der Waals surface area contributed by atoms with Crippen molar-refractivity contribution in [3.8, 4) is 33.6 Å². The van der Waals surface area contributed by atoms with Gasteiger partial charge in [0.2, 0.25) is 5.69 Å². The predicted octanol–water partition coefficient (Wildman–Crippen LogP) is 9.44. The van der Waals surface area contributed by atoms with E-state index in [1.165, 1.54) is 46.4 Å². The summed E-state index contributed by atoms with van der Waals surface area (Å²) in [6.07, 6.45) is 6.48. The number of hydrogen-bond donors (Lipinski definition) is 0. The summed E-state index contributed by atoms with van der Waals surface area (Å²) >= 11 is 0. The fourth-order valence-corrected chi connectivity index (χ4v) is 5.35. The van der Waals surface area contributed by atoms with E-state index in [9.17, 15) is 0 Å². The molecule has 2 unspecified atom stereocenters. The highest BCUT2D eigenvalue weighted by molar-refractivity contribution is 5.70. The van der Waals surface area contributed by atoms with Crippen LogP contribution in [0.15, 0.2) is 122 Å². The van der Waals surface area contributed by atoms with Crippen LogP contribution in [0.4, 0.5) is 0 Å². The van der Waals surface area contributed by atoms with Crippen molar-refractivity contribution < 1.29 is 4.57 Å². The second-order valence-corrected chi connectivity index (χ2v) is 10.3. The molecule has 3 aromatic carbocycles. The molecule has 0 saturated carbocycles. The van der Waals surface area contributed by atoms with Gasteiger partial charge in [-0.05, 0) is 60.1 Å². The number of rotatable bonds is 7. The molecular weight excluding hydrogens is 472 g/mol. The molecule has 2 heterocycles. The third-order valence-corrected chi connectivity index (χ3v) is 7.71. The summed E-state index contributed by atoms with van der Waals surface area (Å²) in [6, 6.07) is 38.1. The molecule has 0 amide bonds. The number of benzene rings is 3. The van der Waals surface area contributed by atoms with E-state index in [0.29, 0.717) is 11.8 Å². The summed E-state index contributed by atoms with van der Waals surface area (Å²) in [6.45, 7) is 9.22. The van der Waals surface area contributed by atoms with Crippen molar-refractivity contribution in [2.45, 2.75) is 46.5 Å². The smallest absolute Gasteiger partial charge is 0.212 e. The molecular formula is C37H41N2+. The van der Waals surface area contributed by atoms with Crippen molar-refractivity contribution in [3.05, 3.63) is 133 Å². The standard InChI is InChI=1S/C26H32N.C11H9N/c1-6-19(3)22(7-2)23-15-11-12-16-24(23)26-17-20(4)25(18-27(26)5)21-13-9-8-10-14-21;1-2-6-10(7-3-1)11-8-4-5-9-12-11/h8-19,22H,6-7H2,1-5H3;1-9H/q+1;. The largest absolute Gasteiger partial charge is 0.256 e. The third-order valence-electron chi connectivity index (χ3n) is 7.71. The van der Waals surface area contributed by atoms with Gasteiger partial charge in [0, 0.05) is 29.0 Å². The maximum atomic E-state index is 4.25. The molecule has 0 N–H and O–H groups in total. The minimum atomic E-state index is 0.598. The highest BCUT2D eigenvalue weighted by atomic mass is 14.9. The molecule has 0 spiro atoms. The van der Waals surface area contributed by atoms with Crippen LogP contribution < -0.4 is 4.57 Å². The van der Waals surface area contributed by atoms with Gasteiger partial charge in [-0.1, -0.05) is 112 Å². The monoisotopic (exact) mass is 513 g/mol. The Morgan fingerprint density at radius 2 is 1.31 bits per heavy atom. The van der Waals surface area contributed by atoms with Gasteiger partial charge >= 0.3 is 0 Å². The molecule has 0 bridgehead atoms. The summed E-state index contributed by atoms with van der Waals surface area (Å²) in [5.74, 6) is 1.28. The second-order valence-electron chi connectivity index (χ2n) is 10.3. The number of aromatic nitrogens is 2. The van der Waals surface area contributed by atoms with Gasteiger partial charge in [-0.3, -0.25) is 4.98 Å². The van der Waals surface area contributed by atoms with Gasteiger partial charge in [0.25, 0.3) is 0 Å². The second kappa shape index (κ2) is 13.7. The summed E-state index contributed by atoms with van der Waals surface area (Å²) in [5, 5.41) is 0. The summed E-state index contributed by atoms with van der Waals surface area (Å²) < 4.78 is 2.29. The van der Waals surface area contributed by atoms with E-state index in [1.54, 1.807) is 0 Å². The lowest BCUT2D eigenvalue weighted by Crippen LogP contribution is -2.31. The minimum Gasteiger partial charge on any atom is -0.256 e. The van der Waals surface area contributed by atoms with Crippen molar-refractivity contribution in [2.75, 3.05) is 0 Å². The van der Waals surface area contributed by atoms with Gasteiger partial charge < -0.3 is 0 Å². The number of pyridine rings is 2. The fourth-order valence-electron chi connectivity index (χ4n) is 5.35. The van der Waals surface area contributed by atoms with Crippen LogP contribution in [0.1, 0.15) is 50.7 Å². The van der Waals surface area contributed by atoms with Crippen molar-refractivity contribution in [1.82, 2.24) is 4.98 Å². The Balaban J connectivity index is 0.000000243. The zero-order valence-corrected chi connectivity index (χ0v) is 24.0. The number of hydrogen-bond acceptors (Lipinski definition) is 1. The van der Waals surface area contributed by atoms with E-state index >= 15 is 0 Å². The lowest BCUT2D eigenvalue weighted by molar-refractivity contribution is -0.660. The lowest BCUT2D eigenvalue weighted by Gasteiger charge is -2.24. The van der Waals surface area contributed by atoms with Crippen LogP contribution >= 0.6 is 0 Å². The Kier molecular flexibility index (Phi) is 9.80. The van der Waals surface area contributed by atoms with E-state index in [-0.39, 0.29) is 0 Å². The molecule has 2 aromatic heterocycles. The highest BCUT2D eigenvalue weighted by Gasteiger charge is 2.23. The van der Waals surface area contributed by atoms with Crippen molar-refractivity contribution >= 4 is 0 Å². The molecule has 0 radical (unpaired) electrons. The Bertz CT molecular complexity index is 1410. The average molecular weight is 514 g/mol. The summed E-state index contributed by atoms with van der Waals surface area (Å²) in [7, 11) is 2.17. The van der Waals surface area contributed by atoms with Crippen LogP contribution in [0.5, 0.6) is 0 Å². The van der Waals surface area contributed by atoms with Gasteiger partial charge in [0.15, 0.2) is 6.20 Å². The summed E-state index contributed by atoms with van der Waals surface area (Å²) in [5.41, 5.74) is 10.2. The van der Waals surface area contributed by atoms with Gasteiger partial charge in [0.1, 0.15) is 7.05 Å². The van der Waals surface area contributed by atoms with E-state index < -0.39 is 0 Å². The molecule has 0 saturated heterocycles. The molecule has 0 fully saturated rings. The molecule has 5 rings (SSSR count). The Morgan fingerprint density at radius 3 is 1.92 bits per heavy atom. The molecule has 198 valence electrons. The third kappa shape index (κ3) is 6.89. The molecule has 0 aliphatic carbocycles. The van der Waals surface area contributed by atoms with Crippen LogP contribution in [-0.2, 0) is 7.05 Å². The van der Waals surface area contributed by atoms with Crippen LogP contribution in [0, 0.1) is 12.8 Å². The van der Waals surface area contributed by atoms with E-state index in [2.05, 4.69) is 123 Å². The van der Waals surface area contributed by atoms with Crippen LogP contribution in [-0.4, -0.2) is 4.98 Å². The van der Waals surface area contributed by atoms with Gasteiger partial charge in [-0.2, -0.15) is 0 Å². The van der Waals surface area contributed by atoms with Gasteiger partial charge in [-0.25, -0.2) is 4.57 Å². The van der Waals surface area contributed by atoms with Crippen molar-refractivity contribution in [2.24, 2.45) is 13.0 Å². The first-order valence-corrected chi connectivity index (χ1v) is 14.1. The van der Waals surface area contributed by atoms with E-state index in [1.807, 2.05) is 42.6 Å². The first-order valence-electron chi connectivity index (χ1n) is 14.1. The predicted molar refractivity (Wildman–Crippen MR) is 165 cm³/mol. The van der Waals surface area contributed by atoms with Gasteiger partial charge in [0.05, 0.1) is 5.69 Å². The highest BCUT2D eigenvalue weighted by Crippen LogP contribution is 2.36. The van der Waals surface area contributed by atoms with Crippen molar-refractivity contribution in [3.63, 3.8) is 0 Å². The van der Waals surface area contributed by atoms with Crippen LogP contribution in [0.3, 0.4) is 0 Å². The van der Waals surface area contributed by atoms with Crippen LogP contribution in [0.2, 0.25) is 0 Å². The quantitative estimate of drug-likeness (QED) is 0.198. The molecule has 2 heteroatoms. The topological polar surface area (TPSA) is 16.8 Å². The van der Waals surface area contributed by atoms with Crippen LogP contribution in [0.25, 0.3) is 33.6 Å². The zero-order chi connectivity index (χ0) is 27.6. The maximum Gasteiger partial charge on any atom is 0.212 e. The van der Waals surface area contributed by atoms with Crippen molar-refractivity contribution in [1.29, 1.82) is 0 Å². The molecule has 0 aliphatic heterocycles. The number of nitrogens with zero attached hydrogens (tertiary/aromatic N) is 2.